The molecule has 5 nitrogen and oxygen atoms in total. The van der Waals surface area contributed by atoms with Crippen LogP contribution in [-0.4, -0.2) is 28.8 Å². The lowest BCUT2D eigenvalue weighted by Crippen LogP contribution is -2.38. The lowest BCUT2D eigenvalue weighted by atomic mass is 10.1. The predicted octanol–water partition coefficient (Wildman–Crippen LogP) is 1.97. The Labute approximate surface area is 140 Å². The van der Waals surface area contributed by atoms with Crippen LogP contribution in [0.25, 0.3) is 0 Å². The largest absolute Gasteiger partial charge is 0.494 e. The number of rotatable bonds is 5. The first-order valence-corrected chi connectivity index (χ1v) is 8.07. The summed E-state index contributed by atoms with van der Waals surface area (Å²) in [4.78, 5) is 12.5. The maximum absolute atomic E-state index is 12.5. The molecule has 2 aromatic carbocycles. The monoisotopic (exact) mass is 327 g/mol. The molecule has 0 saturated heterocycles. The van der Waals surface area contributed by atoms with Crippen molar-refractivity contribution < 1.29 is 19.7 Å². The molecule has 0 radical (unpaired) electrons. The van der Waals surface area contributed by atoms with Crippen LogP contribution in [-0.2, 0) is 13.0 Å². The Morgan fingerprint density at radius 2 is 2.08 bits per heavy atom. The van der Waals surface area contributed by atoms with Gasteiger partial charge in [-0.3, -0.25) is 4.79 Å². The summed E-state index contributed by atoms with van der Waals surface area (Å²) in [6.07, 6.45) is -0.207. The Hall–Kier alpha value is -2.37. The van der Waals surface area contributed by atoms with Crippen molar-refractivity contribution >= 4 is 5.91 Å². The molecule has 1 amide bonds. The van der Waals surface area contributed by atoms with Gasteiger partial charge in [-0.15, -0.1) is 0 Å². The summed E-state index contributed by atoms with van der Waals surface area (Å²) in [6.45, 7) is 2.27. The average molecular weight is 327 g/mol. The van der Waals surface area contributed by atoms with Gasteiger partial charge in [0, 0.05) is 5.56 Å². The normalized spacial score (nSPS) is 19.0. The SMILES string of the molecule is CCOc1ccc2c(c1)C(O)C(NC(=O)c1ccccc1CO)C2. The Bertz CT molecular complexity index is 744. The maximum Gasteiger partial charge on any atom is 0.251 e. The van der Waals surface area contributed by atoms with Gasteiger partial charge in [-0.1, -0.05) is 24.3 Å². The van der Waals surface area contributed by atoms with Crippen LogP contribution < -0.4 is 10.1 Å². The van der Waals surface area contributed by atoms with E-state index in [0.717, 1.165) is 11.1 Å². The molecule has 1 aliphatic rings. The lowest BCUT2D eigenvalue weighted by molar-refractivity contribution is 0.0855. The first kappa shape index (κ1) is 16.5. The first-order chi connectivity index (χ1) is 11.6. The number of carbonyl (C=O) groups is 1. The predicted molar refractivity (Wildman–Crippen MR) is 89.9 cm³/mol. The van der Waals surface area contributed by atoms with E-state index in [1.165, 1.54) is 0 Å². The van der Waals surface area contributed by atoms with Crippen LogP contribution in [0.1, 0.15) is 40.1 Å². The zero-order valence-electron chi connectivity index (χ0n) is 13.5. The van der Waals surface area contributed by atoms with Crippen molar-refractivity contribution in [2.24, 2.45) is 0 Å². The molecule has 0 bridgehead atoms. The number of benzene rings is 2. The van der Waals surface area contributed by atoms with Gasteiger partial charge in [0.05, 0.1) is 25.4 Å². The molecule has 2 unspecified atom stereocenters. The van der Waals surface area contributed by atoms with E-state index in [0.29, 0.717) is 29.9 Å². The molecule has 0 fully saturated rings. The smallest absolute Gasteiger partial charge is 0.251 e. The summed E-state index contributed by atoms with van der Waals surface area (Å²) in [5.41, 5.74) is 2.80. The van der Waals surface area contributed by atoms with E-state index in [-0.39, 0.29) is 12.5 Å². The van der Waals surface area contributed by atoms with Gasteiger partial charge in [0.15, 0.2) is 0 Å². The van der Waals surface area contributed by atoms with Crippen molar-refractivity contribution in [3.63, 3.8) is 0 Å². The highest BCUT2D eigenvalue weighted by Crippen LogP contribution is 2.34. The summed E-state index contributed by atoms with van der Waals surface area (Å²) < 4.78 is 5.47. The van der Waals surface area contributed by atoms with Crippen LogP contribution in [0.15, 0.2) is 42.5 Å². The molecule has 2 atom stereocenters. The number of carbonyl (C=O) groups excluding carboxylic acids is 1. The van der Waals surface area contributed by atoms with Crippen LogP contribution in [0.2, 0.25) is 0 Å². The van der Waals surface area contributed by atoms with Crippen molar-refractivity contribution in [1.29, 1.82) is 0 Å². The number of amides is 1. The second-order valence-corrected chi connectivity index (χ2v) is 5.84. The highest BCUT2D eigenvalue weighted by molar-refractivity contribution is 5.96. The summed E-state index contributed by atoms with van der Waals surface area (Å²) in [7, 11) is 0. The fourth-order valence-corrected chi connectivity index (χ4v) is 3.11. The average Bonchev–Trinajstić information content (AvgIpc) is 2.91. The molecule has 0 aliphatic heterocycles. The number of nitrogens with one attached hydrogen (secondary N) is 1. The van der Waals surface area contributed by atoms with Crippen molar-refractivity contribution in [2.45, 2.75) is 32.1 Å². The molecular formula is C19H21NO4. The molecule has 0 aromatic heterocycles. The van der Waals surface area contributed by atoms with E-state index >= 15 is 0 Å². The molecule has 0 spiro atoms. The Kier molecular flexibility index (Phi) is 4.83. The molecule has 3 rings (SSSR count). The standard InChI is InChI=1S/C19H21NO4/c1-2-24-14-8-7-12-9-17(18(22)16(12)10-14)20-19(23)15-6-4-3-5-13(15)11-21/h3-8,10,17-18,21-22H,2,9,11H2,1H3,(H,20,23). The zero-order valence-corrected chi connectivity index (χ0v) is 13.5. The van der Waals surface area contributed by atoms with Crippen molar-refractivity contribution in [3.8, 4) is 5.75 Å². The van der Waals surface area contributed by atoms with Gasteiger partial charge in [-0.25, -0.2) is 0 Å². The maximum atomic E-state index is 12.5. The second-order valence-electron chi connectivity index (χ2n) is 5.84. The molecule has 126 valence electrons. The highest BCUT2D eigenvalue weighted by atomic mass is 16.5. The third kappa shape index (κ3) is 3.13. The minimum atomic E-state index is -0.773. The minimum absolute atomic E-state index is 0.200. The van der Waals surface area contributed by atoms with Crippen LogP contribution in [0, 0.1) is 0 Å². The van der Waals surface area contributed by atoms with Gasteiger partial charge in [0.1, 0.15) is 5.75 Å². The Morgan fingerprint density at radius 1 is 1.29 bits per heavy atom. The zero-order chi connectivity index (χ0) is 17.1. The van der Waals surface area contributed by atoms with E-state index in [2.05, 4.69) is 5.32 Å². The van der Waals surface area contributed by atoms with Gasteiger partial charge in [-0.2, -0.15) is 0 Å². The lowest BCUT2D eigenvalue weighted by Gasteiger charge is -2.18. The van der Waals surface area contributed by atoms with E-state index in [1.807, 2.05) is 25.1 Å². The van der Waals surface area contributed by atoms with E-state index < -0.39 is 12.1 Å². The molecule has 2 aromatic rings. The number of aliphatic hydroxyl groups is 2. The van der Waals surface area contributed by atoms with E-state index in [1.54, 1.807) is 24.3 Å². The fraction of sp³-hybridized carbons (Fsp3) is 0.316. The summed E-state index contributed by atoms with van der Waals surface area (Å²) >= 11 is 0. The molecule has 5 heteroatoms. The van der Waals surface area contributed by atoms with Crippen molar-refractivity contribution in [1.82, 2.24) is 5.32 Å². The first-order valence-electron chi connectivity index (χ1n) is 8.07. The molecule has 1 aliphatic carbocycles. The van der Waals surface area contributed by atoms with Crippen molar-refractivity contribution in [3.05, 3.63) is 64.7 Å². The quantitative estimate of drug-likeness (QED) is 0.784. The van der Waals surface area contributed by atoms with Gasteiger partial charge < -0.3 is 20.3 Å². The third-order valence-corrected chi connectivity index (χ3v) is 4.32. The third-order valence-electron chi connectivity index (χ3n) is 4.32. The van der Waals surface area contributed by atoms with Gasteiger partial charge in [0.25, 0.3) is 5.91 Å². The van der Waals surface area contributed by atoms with E-state index in [4.69, 9.17) is 4.74 Å². The van der Waals surface area contributed by atoms with Gasteiger partial charge in [0.2, 0.25) is 0 Å². The Morgan fingerprint density at radius 3 is 2.83 bits per heavy atom. The van der Waals surface area contributed by atoms with Crippen LogP contribution in [0.5, 0.6) is 5.75 Å². The molecule has 0 saturated carbocycles. The molecular weight excluding hydrogens is 306 g/mol. The summed E-state index contributed by atoms with van der Waals surface area (Å²) in [5, 5.41) is 22.8. The number of hydrogen-bond donors (Lipinski definition) is 3. The summed E-state index contributed by atoms with van der Waals surface area (Å²) in [5.74, 6) is 0.425. The van der Waals surface area contributed by atoms with Crippen molar-refractivity contribution in [2.75, 3.05) is 6.61 Å². The van der Waals surface area contributed by atoms with Crippen LogP contribution in [0.4, 0.5) is 0 Å². The van der Waals surface area contributed by atoms with E-state index in [9.17, 15) is 15.0 Å². The number of hydrogen-bond acceptors (Lipinski definition) is 4. The fourth-order valence-electron chi connectivity index (χ4n) is 3.11. The van der Waals surface area contributed by atoms with Crippen LogP contribution >= 0.6 is 0 Å². The van der Waals surface area contributed by atoms with Gasteiger partial charge >= 0.3 is 0 Å². The van der Waals surface area contributed by atoms with Gasteiger partial charge in [-0.05, 0) is 48.2 Å². The topological polar surface area (TPSA) is 78.8 Å². The van der Waals surface area contributed by atoms with Crippen LogP contribution in [0.3, 0.4) is 0 Å². The molecule has 0 heterocycles. The number of fused-ring (bicyclic) bond motifs is 1. The number of aliphatic hydroxyl groups excluding tert-OH is 2. The number of ether oxygens (including phenoxy) is 1. The minimum Gasteiger partial charge on any atom is -0.494 e. The Balaban J connectivity index is 1.76. The summed E-state index contributed by atoms with van der Waals surface area (Å²) in [6, 6.07) is 12.1. The molecule has 24 heavy (non-hydrogen) atoms. The molecule has 3 N–H and O–H groups in total. The highest BCUT2D eigenvalue weighted by Gasteiger charge is 2.32. The second kappa shape index (κ2) is 7.03.